The van der Waals surface area contributed by atoms with Crippen molar-refractivity contribution in [2.24, 2.45) is 5.73 Å². The van der Waals surface area contributed by atoms with Crippen LogP contribution in [0, 0.1) is 6.92 Å². The van der Waals surface area contributed by atoms with Gasteiger partial charge in [0, 0.05) is 6.04 Å². The largest absolute Gasteiger partial charge is 0.508 e. The predicted octanol–water partition coefficient (Wildman–Crippen LogP) is 2.28. The standard InChI is InChI=1S/C11H15NO/c1-3-4-10(12)9-6-5-8(2)11(13)7-9/h3,5-7,10,13H,1,4,12H2,2H3. The van der Waals surface area contributed by atoms with Crippen LogP contribution >= 0.6 is 0 Å². The normalized spacial score (nSPS) is 12.5. The van der Waals surface area contributed by atoms with E-state index in [4.69, 9.17) is 5.73 Å². The number of rotatable bonds is 3. The highest BCUT2D eigenvalue weighted by Crippen LogP contribution is 2.22. The summed E-state index contributed by atoms with van der Waals surface area (Å²) >= 11 is 0. The fraction of sp³-hybridized carbons (Fsp3) is 0.273. The van der Waals surface area contributed by atoms with Gasteiger partial charge in [-0.05, 0) is 30.5 Å². The first kappa shape index (κ1) is 9.81. The lowest BCUT2D eigenvalue weighted by Gasteiger charge is -2.10. The quantitative estimate of drug-likeness (QED) is 0.696. The number of aromatic hydroxyl groups is 1. The smallest absolute Gasteiger partial charge is 0.118 e. The van der Waals surface area contributed by atoms with Gasteiger partial charge < -0.3 is 10.8 Å². The summed E-state index contributed by atoms with van der Waals surface area (Å²) in [6.07, 6.45) is 2.50. The van der Waals surface area contributed by atoms with Crippen LogP contribution in [0.15, 0.2) is 30.9 Å². The predicted molar refractivity (Wildman–Crippen MR) is 54.6 cm³/mol. The lowest BCUT2D eigenvalue weighted by atomic mass is 10.0. The Morgan fingerprint density at radius 3 is 2.85 bits per heavy atom. The lowest BCUT2D eigenvalue weighted by molar-refractivity contribution is 0.469. The number of phenols is 1. The van der Waals surface area contributed by atoms with Gasteiger partial charge in [0.1, 0.15) is 5.75 Å². The summed E-state index contributed by atoms with van der Waals surface area (Å²) < 4.78 is 0. The minimum absolute atomic E-state index is 0.0657. The van der Waals surface area contributed by atoms with E-state index in [0.717, 1.165) is 17.5 Å². The van der Waals surface area contributed by atoms with Gasteiger partial charge in [0.15, 0.2) is 0 Å². The van der Waals surface area contributed by atoms with E-state index in [-0.39, 0.29) is 6.04 Å². The molecule has 0 aliphatic rings. The van der Waals surface area contributed by atoms with Crippen molar-refractivity contribution in [3.63, 3.8) is 0 Å². The monoisotopic (exact) mass is 177 g/mol. The van der Waals surface area contributed by atoms with Crippen LogP contribution in [-0.4, -0.2) is 5.11 Å². The van der Waals surface area contributed by atoms with Gasteiger partial charge in [-0.15, -0.1) is 6.58 Å². The zero-order valence-corrected chi connectivity index (χ0v) is 7.83. The molecule has 0 aliphatic carbocycles. The van der Waals surface area contributed by atoms with Crippen LogP contribution in [0.1, 0.15) is 23.6 Å². The highest BCUT2D eigenvalue weighted by Gasteiger charge is 2.05. The van der Waals surface area contributed by atoms with Crippen molar-refractivity contribution in [2.75, 3.05) is 0 Å². The van der Waals surface area contributed by atoms with Gasteiger partial charge in [0.2, 0.25) is 0 Å². The van der Waals surface area contributed by atoms with Gasteiger partial charge >= 0.3 is 0 Å². The lowest BCUT2D eigenvalue weighted by Crippen LogP contribution is -2.08. The van der Waals surface area contributed by atoms with Crippen molar-refractivity contribution < 1.29 is 5.11 Å². The summed E-state index contributed by atoms with van der Waals surface area (Å²) in [6.45, 7) is 5.48. The third kappa shape index (κ3) is 2.33. The number of nitrogens with two attached hydrogens (primary N) is 1. The Bertz CT molecular complexity index is 307. The second-order valence-corrected chi connectivity index (χ2v) is 3.18. The first-order chi connectivity index (χ1) is 6.15. The number of phenolic OH excluding ortho intramolecular Hbond substituents is 1. The highest BCUT2D eigenvalue weighted by molar-refractivity contribution is 5.36. The molecule has 0 fully saturated rings. The summed E-state index contributed by atoms with van der Waals surface area (Å²) in [7, 11) is 0. The molecule has 1 atom stereocenters. The van der Waals surface area contributed by atoms with E-state index >= 15 is 0 Å². The maximum absolute atomic E-state index is 9.44. The van der Waals surface area contributed by atoms with Crippen molar-refractivity contribution in [2.45, 2.75) is 19.4 Å². The van der Waals surface area contributed by atoms with E-state index in [0.29, 0.717) is 5.75 Å². The molecule has 0 heterocycles. The summed E-state index contributed by atoms with van der Waals surface area (Å²) in [5.41, 5.74) is 7.66. The first-order valence-electron chi connectivity index (χ1n) is 4.31. The number of hydrogen-bond donors (Lipinski definition) is 2. The molecule has 1 aromatic carbocycles. The Morgan fingerprint density at radius 1 is 1.62 bits per heavy atom. The third-order valence-corrected chi connectivity index (χ3v) is 2.08. The van der Waals surface area contributed by atoms with Gasteiger partial charge in [-0.2, -0.15) is 0 Å². The second-order valence-electron chi connectivity index (χ2n) is 3.18. The van der Waals surface area contributed by atoms with Crippen LogP contribution in [0.25, 0.3) is 0 Å². The number of benzene rings is 1. The fourth-order valence-electron chi connectivity index (χ4n) is 1.17. The van der Waals surface area contributed by atoms with Crippen molar-refractivity contribution in [3.8, 4) is 5.75 Å². The molecular formula is C11H15NO. The van der Waals surface area contributed by atoms with Crippen LogP contribution in [0.2, 0.25) is 0 Å². The number of aryl methyl sites for hydroxylation is 1. The Labute approximate surface area is 78.7 Å². The molecule has 0 aromatic heterocycles. The Balaban J connectivity index is 2.89. The maximum Gasteiger partial charge on any atom is 0.118 e. The molecule has 2 nitrogen and oxygen atoms in total. The molecule has 1 unspecified atom stereocenters. The minimum atomic E-state index is -0.0657. The average molecular weight is 177 g/mol. The van der Waals surface area contributed by atoms with E-state index in [9.17, 15) is 5.11 Å². The van der Waals surface area contributed by atoms with E-state index in [1.165, 1.54) is 0 Å². The molecule has 0 spiro atoms. The van der Waals surface area contributed by atoms with E-state index in [2.05, 4.69) is 6.58 Å². The Morgan fingerprint density at radius 2 is 2.31 bits per heavy atom. The molecule has 0 amide bonds. The van der Waals surface area contributed by atoms with E-state index < -0.39 is 0 Å². The molecule has 2 heteroatoms. The molecule has 1 aromatic rings. The van der Waals surface area contributed by atoms with Gasteiger partial charge in [0.25, 0.3) is 0 Å². The SMILES string of the molecule is C=CCC(N)c1ccc(C)c(O)c1. The van der Waals surface area contributed by atoms with Crippen molar-refractivity contribution in [1.82, 2.24) is 0 Å². The van der Waals surface area contributed by atoms with E-state index in [1.54, 1.807) is 12.1 Å². The van der Waals surface area contributed by atoms with Crippen molar-refractivity contribution in [3.05, 3.63) is 42.0 Å². The first-order valence-corrected chi connectivity index (χ1v) is 4.31. The highest BCUT2D eigenvalue weighted by atomic mass is 16.3. The van der Waals surface area contributed by atoms with Crippen LogP contribution < -0.4 is 5.73 Å². The van der Waals surface area contributed by atoms with Gasteiger partial charge in [0.05, 0.1) is 0 Å². The molecular weight excluding hydrogens is 162 g/mol. The van der Waals surface area contributed by atoms with E-state index in [1.807, 2.05) is 19.1 Å². The summed E-state index contributed by atoms with van der Waals surface area (Å²) in [6, 6.07) is 5.45. The van der Waals surface area contributed by atoms with Crippen LogP contribution in [-0.2, 0) is 0 Å². The molecule has 3 N–H and O–H groups in total. The summed E-state index contributed by atoms with van der Waals surface area (Å²) in [4.78, 5) is 0. The molecule has 70 valence electrons. The van der Waals surface area contributed by atoms with Crippen LogP contribution in [0.4, 0.5) is 0 Å². The minimum Gasteiger partial charge on any atom is -0.508 e. The fourth-order valence-corrected chi connectivity index (χ4v) is 1.17. The molecule has 1 rings (SSSR count). The van der Waals surface area contributed by atoms with Crippen LogP contribution in [0.5, 0.6) is 5.75 Å². The summed E-state index contributed by atoms with van der Waals surface area (Å²) in [5, 5.41) is 9.44. The number of hydrogen-bond acceptors (Lipinski definition) is 2. The molecule has 0 radical (unpaired) electrons. The summed E-state index contributed by atoms with van der Waals surface area (Å²) in [5.74, 6) is 0.303. The van der Waals surface area contributed by atoms with Crippen LogP contribution in [0.3, 0.4) is 0 Å². The topological polar surface area (TPSA) is 46.2 Å². The molecule has 0 saturated carbocycles. The van der Waals surface area contributed by atoms with Gasteiger partial charge in [-0.1, -0.05) is 18.2 Å². The van der Waals surface area contributed by atoms with Gasteiger partial charge in [-0.25, -0.2) is 0 Å². The molecule has 0 aliphatic heterocycles. The van der Waals surface area contributed by atoms with Crippen molar-refractivity contribution in [1.29, 1.82) is 0 Å². The molecule has 0 bridgehead atoms. The maximum atomic E-state index is 9.44. The van der Waals surface area contributed by atoms with Crippen molar-refractivity contribution >= 4 is 0 Å². The third-order valence-electron chi connectivity index (χ3n) is 2.08. The molecule has 13 heavy (non-hydrogen) atoms. The van der Waals surface area contributed by atoms with Gasteiger partial charge in [-0.3, -0.25) is 0 Å². The molecule has 0 saturated heterocycles. The Hall–Kier alpha value is -1.28. The second kappa shape index (κ2) is 4.10. The zero-order valence-electron chi connectivity index (χ0n) is 7.83. The average Bonchev–Trinajstić information content (AvgIpc) is 2.10. The Kier molecular flexibility index (Phi) is 3.09. The zero-order chi connectivity index (χ0) is 9.84.